The molecule has 0 bridgehead atoms. The number of rotatable bonds is 3. The smallest absolute Gasteiger partial charge is 0.0631 e. The van der Waals surface area contributed by atoms with E-state index in [1.807, 2.05) is 52.0 Å². The second-order valence-corrected chi connectivity index (χ2v) is 5.41. The molecule has 0 radical (unpaired) electrons. The maximum absolute atomic E-state index is 9.68. The second kappa shape index (κ2) is 3.95. The van der Waals surface area contributed by atoms with Gasteiger partial charge in [-0.15, -0.1) is 0 Å². The third-order valence-corrected chi connectivity index (χ3v) is 2.33. The fraction of sp³-hybridized carbons (Fsp3) is 0.538. The van der Waals surface area contributed by atoms with Crippen LogP contribution in [0.5, 0.6) is 0 Å². The van der Waals surface area contributed by atoms with E-state index in [4.69, 9.17) is 5.73 Å². The molecule has 2 heteroatoms. The van der Waals surface area contributed by atoms with Gasteiger partial charge in [0.2, 0.25) is 0 Å². The van der Waals surface area contributed by atoms with E-state index in [0.29, 0.717) is 6.42 Å². The lowest BCUT2D eigenvalue weighted by Crippen LogP contribution is -2.28. The summed E-state index contributed by atoms with van der Waals surface area (Å²) in [5.41, 5.74) is 7.28. The summed E-state index contributed by atoms with van der Waals surface area (Å²) in [6.07, 6.45) is 0.665. The van der Waals surface area contributed by atoms with Gasteiger partial charge in [-0.25, -0.2) is 0 Å². The van der Waals surface area contributed by atoms with Gasteiger partial charge in [0.1, 0.15) is 0 Å². The van der Waals surface area contributed by atoms with Crippen molar-refractivity contribution in [3.63, 3.8) is 0 Å². The van der Waals surface area contributed by atoms with Crippen LogP contribution in [0.15, 0.2) is 24.3 Å². The van der Waals surface area contributed by atoms with Crippen LogP contribution < -0.4 is 5.73 Å². The Balaban J connectivity index is 2.82. The Bertz CT molecular complexity index is 314. The van der Waals surface area contributed by atoms with Gasteiger partial charge in [-0.2, -0.15) is 0 Å². The summed E-state index contributed by atoms with van der Waals surface area (Å²) in [6.45, 7) is 7.59. The van der Waals surface area contributed by atoms with Crippen LogP contribution >= 0.6 is 0 Å². The second-order valence-electron chi connectivity index (χ2n) is 5.41. The molecular weight excluding hydrogens is 186 g/mol. The summed E-state index contributed by atoms with van der Waals surface area (Å²) in [5, 5.41) is 9.68. The molecule has 84 valence electrons. The van der Waals surface area contributed by atoms with Crippen LogP contribution in [0, 0.1) is 0 Å². The third kappa shape index (κ3) is 4.02. The van der Waals surface area contributed by atoms with E-state index in [1.54, 1.807) is 0 Å². The summed E-state index contributed by atoms with van der Waals surface area (Å²) < 4.78 is 0. The molecule has 0 aromatic heterocycles. The Hall–Kier alpha value is -0.860. The summed E-state index contributed by atoms with van der Waals surface area (Å²) in [4.78, 5) is 0. The van der Waals surface area contributed by atoms with Crippen LogP contribution in [0.3, 0.4) is 0 Å². The Morgan fingerprint density at radius 3 is 1.87 bits per heavy atom. The molecule has 1 aromatic rings. The fourth-order valence-corrected chi connectivity index (χ4v) is 1.55. The first-order valence-electron chi connectivity index (χ1n) is 5.29. The van der Waals surface area contributed by atoms with Gasteiger partial charge in [-0.3, -0.25) is 0 Å². The van der Waals surface area contributed by atoms with E-state index in [2.05, 4.69) is 0 Å². The summed E-state index contributed by atoms with van der Waals surface area (Å²) in [6, 6.07) is 8.12. The highest BCUT2D eigenvalue weighted by molar-refractivity contribution is 5.27. The third-order valence-electron chi connectivity index (χ3n) is 2.33. The Morgan fingerprint density at radius 1 is 1.07 bits per heavy atom. The van der Waals surface area contributed by atoms with Crippen molar-refractivity contribution in [3.8, 4) is 0 Å². The first-order valence-corrected chi connectivity index (χ1v) is 5.29. The lowest BCUT2D eigenvalue weighted by atomic mass is 9.92. The maximum atomic E-state index is 9.68. The minimum absolute atomic E-state index is 0.298. The lowest BCUT2D eigenvalue weighted by molar-refractivity contribution is 0.0810. The number of nitrogens with two attached hydrogens (primary N) is 1. The lowest BCUT2D eigenvalue weighted by Gasteiger charge is -2.21. The van der Waals surface area contributed by atoms with E-state index in [0.717, 1.165) is 11.1 Å². The number of aliphatic hydroxyl groups is 1. The average molecular weight is 207 g/mol. The zero-order valence-corrected chi connectivity index (χ0v) is 10.0. The zero-order valence-electron chi connectivity index (χ0n) is 10.0. The summed E-state index contributed by atoms with van der Waals surface area (Å²) >= 11 is 0. The SMILES string of the molecule is CC(C)(O)Cc1ccc(C(C)(C)N)cc1. The van der Waals surface area contributed by atoms with E-state index in [-0.39, 0.29) is 5.54 Å². The van der Waals surface area contributed by atoms with Crippen LogP contribution in [0.4, 0.5) is 0 Å². The molecular formula is C13H21NO. The van der Waals surface area contributed by atoms with Gasteiger partial charge in [-0.05, 0) is 38.8 Å². The minimum atomic E-state index is -0.653. The van der Waals surface area contributed by atoms with Crippen molar-refractivity contribution >= 4 is 0 Å². The van der Waals surface area contributed by atoms with Crippen molar-refractivity contribution in [1.82, 2.24) is 0 Å². The van der Waals surface area contributed by atoms with Gasteiger partial charge in [0.05, 0.1) is 5.60 Å². The predicted octanol–water partition coefficient (Wildman–Crippen LogP) is 2.19. The van der Waals surface area contributed by atoms with Gasteiger partial charge in [0, 0.05) is 12.0 Å². The molecule has 0 atom stereocenters. The highest BCUT2D eigenvalue weighted by atomic mass is 16.3. The van der Waals surface area contributed by atoms with Gasteiger partial charge in [-0.1, -0.05) is 24.3 Å². The highest BCUT2D eigenvalue weighted by Crippen LogP contribution is 2.19. The van der Waals surface area contributed by atoms with Crippen molar-refractivity contribution in [2.45, 2.75) is 45.3 Å². The maximum Gasteiger partial charge on any atom is 0.0631 e. The molecule has 1 rings (SSSR count). The van der Waals surface area contributed by atoms with Crippen molar-refractivity contribution < 1.29 is 5.11 Å². The molecule has 2 nitrogen and oxygen atoms in total. The molecule has 0 spiro atoms. The Morgan fingerprint density at radius 2 is 1.53 bits per heavy atom. The van der Waals surface area contributed by atoms with Crippen LogP contribution in [0.1, 0.15) is 38.8 Å². The molecule has 0 aliphatic carbocycles. The Kier molecular flexibility index (Phi) is 3.22. The van der Waals surface area contributed by atoms with Crippen molar-refractivity contribution in [2.24, 2.45) is 5.73 Å². The molecule has 0 unspecified atom stereocenters. The van der Waals surface area contributed by atoms with Gasteiger partial charge >= 0.3 is 0 Å². The Labute approximate surface area is 92.1 Å². The van der Waals surface area contributed by atoms with Gasteiger partial charge < -0.3 is 10.8 Å². The van der Waals surface area contributed by atoms with Gasteiger partial charge in [0.15, 0.2) is 0 Å². The van der Waals surface area contributed by atoms with Crippen molar-refractivity contribution in [1.29, 1.82) is 0 Å². The minimum Gasteiger partial charge on any atom is -0.390 e. The summed E-state index contributed by atoms with van der Waals surface area (Å²) in [7, 11) is 0. The topological polar surface area (TPSA) is 46.2 Å². The number of hydrogen-bond acceptors (Lipinski definition) is 2. The molecule has 0 fully saturated rings. The fourth-order valence-electron chi connectivity index (χ4n) is 1.55. The van der Waals surface area contributed by atoms with Gasteiger partial charge in [0.25, 0.3) is 0 Å². The molecule has 0 aliphatic heterocycles. The first-order chi connectivity index (χ1) is 6.68. The normalized spacial score (nSPS) is 12.9. The summed E-state index contributed by atoms with van der Waals surface area (Å²) in [5.74, 6) is 0. The zero-order chi connectivity index (χ0) is 11.7. The molecule has 0 saturated carbocycles. The molecule has 0 saturated heterocycles. The number of hydrogen-bond donors (Lipinski definition) is 2. The van der Waals surface area contributed by atoms with E-state index >= 15 is 0 Å². The van der Waals surface area contributed by atoms with Crippen molar-refractivity contribution in [3.05, 3.63) is 35.4 Å². The van der Waals surface area contributed by atoms with Crippen LogP contribution in [-0.4, -0.2) is 10.7 Å². The van der Waals surface area contributed by atoms with Crippen molar-refractivity contribution in [2.75, 3.05) is 0 Å². The standard InChI is InChI=1S/C13H21NO/c1-12(2,15)9-10-5-7-11(8-6-10)13(3,4)14/h5-8,15H,9,14H2,1-4H3. The van der Waals surface area contributed by atoms with Crippen LogP contribution in [0.2, 0.25) is 0 Å². The molecule has 0 amide bonds. The van der Waals surface area contributed by atoms with Crippen LogP contribution in [0.25, 0.3) is 0 Å². The first kappa shape index (κ1) is 12.2. The van der Waals surface area contributed by atoms with Crippen LogP contribution in [-0.2, 0) is 12.0 Å². The monoisotopic (exact) mass is 207 g/mol. The molecule has 0 aliphatic rings. The molecule has 15 heavy (non-hydrogen) atoms. The predicted molar refractivity (Wildman–Crippen MR) is 63.7 cm³/mol. The largest absolute Gasteiger partial charge is 0.390 e. The highest BCUT2D eigenvalue weighted by Gasteiger charge is 2.16. The molecule has 3 N–H and O–H groups in total. The van der Waals surface area contributed by atoms with E-state index in [9.17, 15) is 5.11 Å². The van der Waals surface area contributed by atoms with E-state index < -0.39 is 5.60 Å². The number of benzene rings is 1. The quantitative estimate of drug-likeness (QED) is 0.798. The molecule has 0 heterocycles. The van der Waals surface area contributed by atoms with E-state index in [1.165, 1.54) is 0 Å². The molecule has 1 aromatic carbocycles. The average Bonchev–Trinajstić information content (AvgIpc) is 2.00.